The maximum absolute atomic E-state index is 13.3. The first-order chi connectivity index (χ1) is 10.0. The van der Waals surface area contributed by atoms with Gasteiger partial charge in [0.1, 0.15) is 23.8 Å². The summed E-state index contributed by atoms with van der Waals surface area (Å²) in [6, 6.07) is 6.55. The van der Waals surface area contributed by atoms with Gasteiger partial charge in [-0.25, -0.2) is 20.2 Å². The summed E-state index contributed by atoms with van der Waals surface area (Å²) >= 11 is 0. The van der Waals surface area contributed by atoms with Gasteiger partial charge in [-0.3, -0.25) is 0 Å². The van der Waals surface area contributed by atoms with Crippen LogP contribution in [0.3, 0.4) is 0 Å². The number of benzene rings is 1. The minimum absolute atomic E-state index is 0.210. The van der Waals surface area contributed by atoms with Crippen LogP contribution in [-0.2, 0) is 6.54 Å². The Kier molecular flexibility index (Phi) is 4.70. The molecule has 0 bridgehead atoms. The van der Waals surface area contributed by atoms with E-state index in [1.165, 1.54) is 18.5 Å². The van der Waals surface area contributed by atoms with Crippen LogP contribution in [-0.4, -0.2) is 17.0 Å². The Morgan fingerprint density at radius 1 is 1.33 bits per heavy atom. The van der Waals surface area contributed by atoms with Crippen molar-refractivity contribution < 1.29 is 4.39 Å². The molecule has 0 aliphatic heterocycles. The summed E-state index contributed by atoms with van der Waals surface area (Å²) < 4.78 is 13.3. The maximum Gasteiger partial charge on any atom is 0.148 e. The fourth-order valence-corrected chi connectivity index (χ4v) is 2.32. The molecule has 1 heterocycles. The Labute approximate surface area is 124 Å². The Bertz CT molecular complexity index is 615. The van der Waals surface area contributed by atoms with Gasteiger partial charge in [0.25, 0.3) is 0 Å². The van der Waals surface area contributed by atoms with Crippen molar-refractivity contribution in [2.24, 2.45) is 5.84 Å². The highest BCUT2D eigenvalue weighted by Crippen LogP contribution is 2.30. The second-order valence-electron chi connectivity index (χ2n) is 5.24. The number of nitrogens with one attached hydrogen (secondary N) is 1. The zero-order valence-electron chi connectivity index (χ0n) is 12.5. The largest absolute Gasteiger partial charge is 0.355 e. The fraction of sp³-hybridized carbons (Fsp3) is 0.333. The van der Waals surface area contributed by atoms with Crippen LogP contribution in [0, 0.1) is 5.82 Å². The van der Waals surface area contributed by atoms with E-state index in [1.54, 1.807) is 6.07 Å². The Morgan fingerprint density at radius 3 is 2.71 bits per heavy atom. The van der Waals surface area contributed by atoms with Gasteiger partial charge in [0.05, 0.1) is 0 Å². The molecule has 5 nitrogen and oxygen atoms in total. The quantitative estimate of drug-likeness (QED) is 0.654. The molecule has 0 amide bonds. The molecular formula is C15H20FN5. The van der Waals surface area contributed by atoms with Crippen LogP contribution in [0.2, 0.25) is 0 Å². The standard InChI is InChI=1S/C15H20FN5/c1-10(2)13-14(20-17)18-9-19-15(13)21(3)8-11-5-4-6-12(16)7-11/h4-7,9-10H,8,17H2,1-3H3,(H,18,19,20). The lowest BCUT2D eigenvalue weighted by atomic mass is 10.0. The summed E-state index contributed by atoms with van der Waals surface area (Å²) in [5.41, 5.74) is 4.43. The molecule has 0 fully saturated rings. The molecule has 2 aromatic rings. The van der Waals surface area contributed by atoms with Crippen molar-refractivity contribution in [2.45, 2.75) is 26.3 Å². The van der Waals surface area contributed by atoms with Gasteiger partial charge >= 0.3 is 0 Å². The molecule has 0 saturated carbocycles. The van der Waals surface area contributed by atoms with E-state index in [9.17, 15) is 4.39 Å². The highest BCUT2D eigenvalue weighted by molar-refractivity contribution is 5.59. The van der Waals surface area contributed by atoms with Crippen molar-refractivity contribution in [2.75, 3.05) is 17.4 Å². The van der Waals surface area contributed by atoms with E-state index in [0.29, 0.717) is 12.4 Å². The summed E-state index contributed by atoms with van der Waals surface area (Å²) in [7, 11) is 1.92. The number of rotatable bonds is 5. The molecule has 0 unspecified atom stereocenters. The summed E-state index contributed by atoms with van der Waals surface area (Å²) in [5.74, 6) is 6.89. The first-order valence-corrected chi connectivity index (χ1v) is 6.80. The molecule has 112 valence electrons. The molecular weight excluding hydrogens is 269 g/mol. The van der Waals surface area contributed by atoms with Gasteiger partial charge in [-0.15, -0.1) is 0 Å². The van der Waals surface area contributed by atoms with E-state index in [1.807, 2.05) is 18.0 Å². The number of hydrazine groups is 1. The number of hydrogen-bond acceptors (Lipinski definition) is 5. The van der Waals surface area contributed by atoms with Crippen LogP contribution in [0.25, 0.3) is 0 Å². The predicted molar refractivity (Wildman–Crippen MR) is 82.4 cm³/mol. The molecule has 0 atom stereocenters. The Morgan fingerprint density at radius 2 is 2.10 bits per heavy atom. The molecule has 0 radical (unpaired) electrons. The minimum Gasteiger partial charge on any atom is -0.355 e. The molecule has 0 aliphatic carbocycles. The van der Waals surface area contributed by atoms with Gasteiger partial charge in [0.15, 0.2) is 0 Å². The molecule has 21 heavy (non-hydrogen) atoms. The average Bonchev–Trinajstić information content (AvgIpc) is 2.46. The predicted octanol–water partition coefficient (Wildman–Crippen LogP) is 2.66. The van der Waals surface area contributed by atoms with Crippen molar-refractivity contribution >= 4 is 11.6 Å². The first-order valence-electron chi connectivity index (χ1n) is 6.80. The third-order valence-corrected chi connectivity index (χ3v) is 3.25. The summed E-state index contributed by atoms with van der Waals surface area (Å²) in [6.45, 7) is 4.66. The van der Waals surface area contributed by atoms with Crippen LogP contribution in [0.15, 0.2) is 30.6 Å². The molecule has 3 N–H and O–H groups in total. The lowest BCUT2D eigenvalue weighted by Gasteiger charge is -2.24. The molecule has 0 spiro atoms. The number of anilines is 2. The van der Waals surface area contributed by atoms with E-state index in [-0.39, 0.29) is 11.7 Å². The van der Waals surface area contributed by atoms with Crippen LogP contribution in [0.1, 0.15) is 30.9 Å². The summed E-state index contributed by atoms with van der Waals surface area (Å²) in [6.07, 6.45) is 1.47. The van der Waals surface area contributed by atoms with Gasteiger partial charge in [-0.1, -0.05) is 26.0 Å². The SMILES string of the molecule is CC(C)c1c(NN)ncnc1N(C)Cc1cccc(F)c1. The average molecular weight is 289 g/mol. The van der Waals surface area contributed by atoms with Gasteiger partial charge in [0, 0.05) is 19.2 Å². The Hall–Kier alpha value is -2.21. The minimum atomic E-state index is -0.239. The lowest BCUT2D eigenvalue weighted by molar-refractivity contribution is 0.625. The number of aromatic nitrogens is 2. The van der Waals surface area contributed by atoms with Crippen LogP contribution in [0.4, 0.5) is 16.0 Å². The van der Waals surface area contributed by atoms with Crippen molar-refractivity contribution in [3.63, 3.8) is 0 Å². The highest BCUT2D eigenvalue weighted by atomic mass is 19.1. The number of nitrogens with two attached hydrogens (primary N) is 1. The van der Waals surface area contributed by atoms with Gasteiger partial charge < -0.3 is 10.3 Å². The van der Waals surface area contributed by atoms with Gasteiger partial charge in [0.2, 0.25) is 0 Å². The first kappa shape index (κ1) is 15.2. The molecule has 2 rings (SSSR count). The van der Waals surface area contributed by atoms with Crippen molar-refractivity contribution in [3.8, 4) is 0 Å². The van der Waals surface area contributed by atoms with E-state index < -0.39 is 0 Å². The van der Waals surface area contributed by atoms with Crippen molar-refractivity contribution in [1.29, 1.82) is 0 Å². The van der Waals surface area contributed by atoms with E-state index in [0.717, 1.165) is 16.9 Å². The third-order valence-electron chi connectivity index (χ3n) is 3.25. The van der Waals surface area contributed by atoms with Crippen LogP contribution < -0.4 is 16.2 Å². The zero-order chi connectivity index (χ0) is 15.4. The van der Waals surface area contributed by atoms with Crippen LogP contribution >= 0.6 is 0 Å². The number of nitrogen functional groups attached to an aromatic ring is 1. The van der Waals surface area contributed by atoms with E-state index >= 15 is 0 Å². The van der Waals surface area contributed by atoms with Gasteiger partial charge in [-0.05, 0) is 23.6 Å². The van der Waals surface area contributed by atoms with E-state index in [2.05, 4.69) is 29.2 Å². The monoisotopic (exact) mass is 289 g/mol. The topological polar surface area (TPSA) is 67.1 Å². The van der Waals surface area contributed by atoms with Crippen LogP contribution in [0.5, 0.6) is 0 Å². The fourth-order valence-electron chi connectivity index (χ4n) is 2.32. The maximum atomic E-state index is 13.3. The number of halogens is 1. The molecule has 1 aromatic heterocycles. The van der Waals surface area contributed by atoms with E-state index in [4.69, 9.17) is 5.84 Å². The lowest BCUT2D eigenvalue weighted by Crippen LogP contribution is -2.22. The third kappa shape index (κ3) is 3.46. The normalized spacial score (nSPS) is 10.8. The molecule has 0 aliphatic rings. The van der Waals surface area contributed by atoms with Crippen molar-refractivity contribution in [3.05, 3.63) is 47.5 Å². The molecule has 1 aromatic carbocycles. The Balaban J connectivity index is 2.32. The highest BCUT2D eigenvalue weighted by Gasteiger charge is 2.17. The molecule has 0 saturated heterocycles. The summed E-state index contributed by atoms with van der Waals surface area (Å²) in [5, 5.41) is 0. The second kappa shape index (κ2) is 6.49. The number of nitrogens with zero attached hydrogens (tertiary/aromatic N) is 3. The summed E-state index contributed by atoms with van der Waals surface area (Å²) in [4.78, 5) is 10.5. The smallest absolute Gasteiger partial charge is 0.148 e. The molecule has 6 heteroatoms. The van der Waals surface area contributed by atoms with Gasteiger partial charge in [-0.2, -0.15) is 0 Å². The number of hydrogen-bond donors (Lipinski definition) is 2. The zero-order valence-corrected chi connectivity index (χ0v) is 12.5. The van der Waals surface area contributed by atoms with Crippen molar-refractivity contribution in [1.82, 2.24) is 9.97 Å². The second-order valence-corrected chi connectivity index (χ2v) is 5.24.